The Hall–Kier alpha value is -3.40. The Bertz CT molecular complexity index is 1400. The standard InChI is InChI=1S/C29H29F4NO4S/c1-20(19-39(36,37)26-11-7-24(30)8-12-26)13-14-28(15-16-28)27(35)34-18-21-3-2-4-23(17-21)22-5-9-25(10-6-22)38-29(31,32)33/h2-12,17,20H,13-16,18-19H2,1H3,(H,34,35). The lowest BCUT2D eigenvalue weighted by Crippen LogP contribution is -2.32. The zero-order valence-electron chi connectivity index (χ0n) is 21.3. The van der Waals surface area contributed by atoms with E-state index in [-0.39, 0.29) is 34.8 Å². The van der Waals surface area contributed by atoms with Gasteiger partial charge in [0.1, 0.15) is 11.6 Å². The second-order valence-electron chi connectivity index (χ2n) is 10.1. The normalized spacial score (nSPS) is 15.4. The topological polar surface area (TPSA) is 72.5 Å². The third-order valence-electron chi connectivity index (χ3n) is 6.93. The van der Waals surface area contributed by atoms with Crippen LogP contribution >= 0.6 is 0 Å². The third kappa shape index (κ3) is 7.81. The number of hydrogen-bond donors (Lipinski definition) is 1. The molecule has 208 valence electrons. The van der Waals surface area contributed by atoms with Crippen molar-refractivity contribution in [2.45, 2.75) is 50.4 Å². The summed E-state index contributed by atoms with van der Waals surface area (Å²) < 4.78 is 79.5. The van der Waals surface area contributed by atoms with Crippen molar-refractivity contribution in [2.75, 3.05) is 5.75 Å². The number of hydrogen-bond acceptors (Lipinski definition) is 4. The molecule has 1 amide bonds. The van der Waals surface area contributed by atoms with Crippen molar-refractivity contribution >= 4 is 15.7 Å². The summed E-state index contributed by atoms with van der Waals surface area (Å²) in [5.41, 5.74) is 1.84. The molecule has 1 aliphatic carbocycles. The van der Waals surface area contributed by atoms with E-state index in [9.17, 15) is 30.8 Å². The smallest absolute Gasteiger partial charge is 0.406 e. The predicted molar refractivity (Wildman–Crippen MR) is 139 cm³/mol. The zero-order chi connectivity index (χ0) is 28.3. The minimum absolute atomic E-state index is 0.0739. The molecule has 4 rings (SSSR count). The molecule has 3 aromatic rings. The summed E-state index contributed by atoms with van der Waals surface area (Å²) >= 11 is 0. The van der Waals surface area contributed by atoms with Crippen LogP contribution in [0.1, 0.15) is 38.2 Å². The lowest BCUT2D eigenvalue weighted by molar-refractivity contribution is -0.274. The van der Waals surface area contributed by atoms with Gasteiger partial charge in [0.05, 0.1) is 10.6 Å². The number of benzene rings is 3. The highest BCUT2D eigenvalue weighted by molar-refractivity contribution is 7.91. The summed E-state index contributed by atoms with van der Waals surface area (Å²) in [6.45, 7) is 2.13. The molecule has 1 fully saturated rings. The molecule has 1 aliphatic rings. The molecule has 0 saturated heterocycles. The molecule has 0 aliphatic heterocycles. The first-order valence-electron chi connectivity index (χ1n) is 12.6. The first-order chi connectivity index (χ1) is 18.4. The highest BCUT2D eigenvalue weighted by atomic mass is 32.2. The number of carbonyl (C=O) groups is 1. The molecule has 1 N–H and O–H groups in total. The lowest BCUT2D eigenvalue weighted by Gasteiger charge is -2.18. The molecule has 5 nitrogen and oxygen atoms in total. The van der Waals surface area contributed by atoms with Gasteiger partial charge in [0, 0.05) is 12.0 Å². The predicted octanol–water partition coefficient (Wildman–Crippen LogP) is 6.68. The molecular formula is C29H29F4NO4S. The Balaban J connectivity index is 1.29. The van der Waals surface area contributed by atoms with E-state index in [0.29, 0.717) is 18.4 Å². The van der Waals surface area contributed by atoms with E-state index < -0.39 is 27.4 Å². The van der Waals surface area contributed by atoms with Crippen LogP contribution in [0.3, 0.4) is 0 Å². The van der Waals surface area contributed by atoms with Gasteiger partial charge in [-0.2, -0.15) is 0 Å². The van der Waals surface area contributed by atoms with Gasteiger partial charge in [0.2, 0.25) is 5.91 Å². The van der Waals surface area contributed by atoms with Crippen LogP contribution in [0, 0.1) is 17.2 Å². The Morgan fingerprint density at radius 1 is 1.00 bits per heavy atom. The SMILES string of the molecule is CC(CCC1(C(=O)NCc2cccc(-c3ccc(OC(F)(F)F)cc3)c2)CC1)CS(=O)(=O)c1ccc(F)cc1. The average molecular weight is 564 g/mol. The van der Waals surface area contributed by atoms with Crippen molar-refractivity contribution in [3.63, 3.8) is 0 Å². The molecule has 1 unspecified atom stereocenters. The molecule has 3 aromatic carbocycles. The first kappa shape index (κ1) is 28.6. The van der Waals surface area contributed by atoms with Crippen LogP contribution in [-0.2, 0) is 21.2 Å². The molecular weight excluding hydrogens is 534 g/mol. The van der Waals surface area contributed by atoms with Crippen molar-refractivity contribution in [1.82, 2.24) is 5.32 Å². The van der Waals surface area contributed by atoms with E-state index in [1.807, 2.05) is 31.2 Å². The van der Waals surface area contributed by atoms with E-state index >= 15 is 0 Å². The van der Waals surface area contributed by atoms with Gasteiger partial charge in [0.15, 0.2) is 9.84 Å². The molecule has 0 bridgehead atoms. The number of rotatable bonds is 11. The van der Waals surface area contributed by atoms with Gasteiger partial charge in [-0.05, 0) is 90.8 Å². The van der Waals surface area contributed by atoms with Gasteiger partial charge in [-0.25, -0.2) is 12.8 Å². The molecule has 0 spiro atoms. The van der Waals surface area contributed by atoms with Crippen LogP contribution in [0.25, 0.3) is 11.1 Å². The van der Waals surface area contributed by atoms with Crippen LogP contribution in [0.2, 0.25) is 0 Å². The molecule has 1 saturated carbocycles. The zero-order valence-corrected chi connectivity index (χ0v) is 22.1. The van der Waals surface area contributed by atoms with Gasteiger partial charge >= 0.3 is 6.36 Å². The highest BCUT2D eigenvalue weighted by Gasteiger charge is 2.49. The number of ether oxygens (including phenoxy) is 1. The second-order valence-corrected chi connectivity index (χ2v) is 12.1. The van der Waals surface area contributed by atoms with Crippen LogP contribution < -0.4 is 10.1 Å². The van der Waals surface area contributed by atoms with Crippen molar-refractivity contribution < 1.29 is 35.5 Å². The number of nitrogens with one attached hydrogen (secondary N) is 1. The van der Waals surface area contributed by atoms with E-state index in [1.54, 1.807) is 0 Å². The fourth-order valence-corrected chi connectivity index (χ4v) is 6.20. The summed E-state index contributed by atoms with van der Waals surface area (Å²) in [6.07, 6.45) is -2.13. The molecule has 0 heterocycles. The van der Waals surface area contributed by atoms with Crippen molar-refractivity contribution in [1.29, 1.82) is 0 Å². The Morgan fingerprint density at radius 2 is 1.67 bits per heavy atom. The molecule has 10 heteroatoms. The lowest BCUT2D eigenvalue weighted by atomic mass is 9.94. The molecule has 1 atom stereocenters. The maximum Gasteiger partial charge on any atom is 0.573 e. The highest BCUT2D eigenvalue weighted by Crippen LogP contribution is 2.50. The van der Waals surface area contributed by atoms with Crippen molar-refractivity contribution in [3.8, 4) is 16.9 Å². The third-order valence-corrected chi connectivity index (χ3v) is 8.93. The fraction of sp³-hybridized carbons (Fsp3) is 0.345. The van der Waals surface area contributed by atoms with Crippen molar-refractivity contribution in [3.05, 3.63) is 84.2 Å². The fourth-order valence-electron chi connectivity index (χ4n) is 4.54. The minimum Gasteiger partial charge on any atom is -0.406 e. The number of halogens is 4. The number of alkyl halides is 3. The van der Waals surface area contributed by atoms with E-state index in [2.05, 4.69) is 10.1 Å². The summed E-state index contributed by atoms with van der Waals surface area (Å²) in [4.78, 5) is 13.1. The number of sulfone groups is 1. The monoisotopic (exact) mass is 563 g/mol. The van der Waals surface area contributed by atoms with Crippen LogP contribution in [0.4, 0.5) is 17.6 Å². The van der Waals surface area contributed by atoms with Gasteiger partial charge < -0.3 is 10.1 Å². The van der Waals surface area contributed by atoms with Gasteiger partial charge in [0.25, 0.3) is 0 Å². The molecule has 0 aromatic heterocycles. The van der Waals surface area contributed by atoms with E-state index in [4.69, 9.17) is 0 Å². The van der Waals surface area contributed by atoms with E-state index in [1.165, 1.54) is 36.4 Å². The minimum atomic E-state index is -4.75. The Morgan fingerprint density at radius 3 is 2.28 bits per heavy atom. The first-order valence-corrected chi connectivity index (χ1v) is 14.2. The van der Waals surface area contributed by atoms with Crippen molar-refractivity contribution in [2.24, 2.45) is 11.3 Å². The number of amides is 1. The second kappa shape index (κ2) is 11.4. The molecule has 0 radical (unpaired) electrons. The van der Waals surface area contributed by atoms with Gasteiger partial charge in [-0.3, -0.25) is 4.79 Å². The van der Waals surface area contributed by atoms with Crippen LogP contribution in [0.15, 0.2) is 77.7 Å². The largest absolute Gasteiger partial charge is 0.573 e. The maximum atomic E-state index is 13.1. The van der Waals surface area contributed by atoms with Gasteiger partial charge in [-0.1, -0.05) is 37.3 Å². The van der Waals surface area contributed by atoms with Crippen LogP contribution in [0.5, 0.6) is 5.75 Å². The summed E-state index contributed by atoms with van der Waals surface area (Å²) in [6, 6.07) is 17.7. The average Bonchev–Trinajstić information content (AvgIpc) is 3.67. The quantitative estimate of drug-likeness (QED) is 0.209. The molecule has 39 heavy (non-hydrogen) atoms. The summed E-state index contributed by atoms with van der Waals surface area (Å²) in [5.74, 6) is -1.12. The Kier molecular flexibility index (Phi) is 8.34. The maximum absolute atomic E-state index is 13.1. The Labute approximate surface area is 225 Å². The van der Waals surface area contributed by atoms with E-state index in [0.717, 1.165) is 36.1 Å². The summed E-state index contributed by atoms with van der Waals surface area (Å²) in [7, 11) is -3.55. The van der Waals surface area contributed by atoms with Crippen LogP contribution in [-0.4, -0.2) is 26.4 Å². The number of carbonyl (C=O) groups excluding carboxylic acids is 1. The summed E-state index contributed by atoms with van der Waals surface area (Å²) in [5, 5.41) is 2.98. The van der Waals surface area contributed by atoms with Gasteiger partial charge in [-0.15, -0.1) is 13.2 Å².